The van der Waals surface area contributed by atoms with E-state index in [0.29, 0.717) is 10.7 Å². The Hall–Kier alpha value is -3.24. The van der Waals surface area contributed by atoms with Crippen molar-refractivity contribution in [3.63, 3.8) is 0 Å². The first-order valence-electron chi connectivity index (χ1n) is 8.97. The summed E-state index contributed by atoms with van der Waals surface area (Å²) >= 11 is 5.80. The van der Waals surface area contributed by atoms with Gasteiger partial charge in [0.05, 0.1) is 10.6 Å². The van der Waals surface area contributed by atoms with Crippen LogP contribution in [-0.4, -0.2) is 27.7 Å². The Bertz CT molecular complexity index is 1200. The number of sulfonamides is 1. The normalized spacial score (nSPS) is 11.7. The highest BCUT2D eigenvalue weighted by Crippen LogP contribution is 2.25. The fraction of sp³-hybridized carbons (Fsp3) is 0.0952. The van der Waals surface area contributed by atoms with Crippen LogP contribution in [0.1, 0.15) is 10.4 Å². The lowest BCUT2D eigenvalue weighted by Gasteiger charge is -2.20. The van der Waals surface area contributed by atoms with Gasteiger partial charge >= 0.3 is 6.36 Å². The van der Waals surface area contributed by atoms with Crippen molar-refractivity contribution in [2.45, 2.75) is 11.3 Å². The van der Waals surface area contributed by atoms with E-state index >= 15 is 0 Å². The summed E-state index contributed by atoms with van der Waals surface area (Å²) in [5.74, 6) is -0.936. The molecule has 0 saturated heterocycles. The van der Waals surface area contributed by atoms with Crippen molar-refractivity contribution in [1.82, 2.24) is 0 Å². The summed E-state index contributed by atoms with van der Waals surface area (Å²) < 4.78 is 67.0. The molecule has 32 heavy (non-hydrogen) atoms. The molecule has 0 fully saturated rings. The smallest absolute Gasteiger partial charge is 0.406 e. The lowest BCUT2D eigenvalue weighted by molar-refractivity contribution is -0.274. The number of rotatable bonds is 6. The minimum absolute atomic E-state index is 0.0594. The van der Waals surface area contributed by atoms with Crippen LogP contribution in [0.15, 0.2) is 77.7 Å². The van der Waals surface area contributed by atoms with E-state index in [1.54, 1.807) is 0 Å². The fourth-order valence-electron chi connectivity index (χ4n) is 2.67. The second-order valence-electron chi connectivity index (χ2n) is 6.50. The SMILES string of the molecule is CN(c1ccc(C(=O)Nc2ccc(OC(F)(F)F)cc2)cc1)S(=O)(=O)c1ccc(Cl)cc1. The number of carbonyl (C=O) groups is 1. The Morgan fingerprint density at radius 2 is 1.50 bits per heavy atom. The van der Waals surface area contributed by atoms with E-state index in [1.807, 2.05) is 0 Å². The van der Waals surface area contributed by atoms with Crippen molar-refractivity contribution in [3.8, 4) is 5.75 Å². The lowest BCUT2D eigenvalue weighted by atomic mass is 10.2. The van der Waals surface area contributed by atoms with Gasteiger partial charge in [-0.3, -0.25) is 9.10 Å². The van der Waals surface area contributed by atoms with Crippen molar-refractivity contribution >= 4 is 38.9 Å². The zero-order valence-electron chi connectivity index (χ0n) is 16.4. The number of benzene rings is 3. The van der Waals surface area contributed by atoms with Crippen LogP contribution >= 0.6 is 11.6 Å². The van der Waals surface area contributed by atoms with Crippen LogP contribution in [0.5, 0.6) is 5.75 Å². The molecule has 0 spiro atoms. The van der Waals surface area contributed by atoms with Gasteiger partial charge in [0.1, 0.15) is 5.75 Å². The Labute approximate surface area is 187 Å². The second-order valence-corrected chi connectivity index (χ2v) is 8.91. The average molecular weight is 485 g/mol. The van der Waals surface area contributed by atoms with Crippen LogP contribution < -0.4 is 14.4 Å². The van der Waals surface area contributed by atoms with Gasteiger partial charge in [-0.05, 0) is 72.8 Å². The third-order valence-electron chi connectivity index (χ3n) is 4.31. The predicted molar refractivity (Wildman–Crippen MR) is 115 cm³/mol. The van der Waals surface area contributed by atoms with Gasteiger partial charge in [-0.25, -0.2) is 8.42 Å². The van der Waals surface area contributed by atoms with Gasteiger partial charge in [0.25, 0.3) is 15.9 Å². The molecule has 0 aromatic heterocycles. The van der Waals surface area contributed by atoms with E-state index in [9.17, 15) is 26.4 Å². The number of nitrogens with zero attached hydrogens (tertiary/aromatic N) is 1. The highest BCUT2D eigenvalue weighted by Gasteiger charge is 2.31. The second kappa shape index (κ2) is 9.09. The largest absolute Gasteiger partial charge is 0.573 e. The Kier molecular flexibility index (Phi) is 6.65. The van der Waals surface area contributed by atoms with Crippen molar-refractivity contribution in [1.29, 1.82) is 0 Å². The third kappa shape index (κ3) is 5.71. The summed E-state index contributed by atoms with van der Waals surface area (Å²) in [6.45, 7) is 0. The van der Waals surface area contributed by atoms with Gasteiger partial charge in [0, 0.05) is 23.3 Å². The predicted octanol–water partition coefficient (Wildman–Crippen LogP) is 5.32. The van der Waals surface area contributed by atoms with Crippen molar-refractivity contribution in [2.75, 3.05) is 16.7 Å². The first-order chi connectivity index (χ1) is 15.0. The molecule has 0 unspecified atom stereocenters. The molecule has 11 heteroatoms. The summed E-state index contributed by atoms with van der Waals surface area (Å²) in [5, 5.41) is 2.95. The highest BCUT2D eigenvalue weighted by atomic mass is 35.5. The van der Waals surface area contributed by atoms with Crippen LogP contribution in [0.25, 0.3) is 0 Å². The first-order valence-corrected chi connectivity index (χ1v) is 10.8. The molecule has 0 aliphatic carbocycles. The van der Waals surface area contributed by atoms with Gasteiger partial charge in [-0.2, -0.15) is 0 Å². The van der Waals surface area contributed by atoms with Crippen LogP contribution in [-0.2, 0) is 10.0 Å². The van der Waals surface area contributed by atoms with Gasteiger partial charge in [0.15, 0.2) is 0 Å². The monoisotopic (exact) mass is 484 g/mol. The van der Waals surface area contributed by atoms with Crippen LogP contribution in [0.2, 0.25) is 5.02 Å². The lowest BCUT2D eigenvalue weighted by Crippen LogP contribution is -2.26. The van der Waals surface area contributed by atoms with Crippen LogP contribution in [0.3, 0.4) is 0 Å². The third-order valence-corrected chi connectivity index (χ3v) is 6.36. The summed E-state index contributed by atoms with van der Waals surface area (Å²) in [6.07, 6.45) is -4.80. The van der Waals surface area contributed by atoms with E-state index in [1.165, 1.54) is 67.7 Å². The Morgan fingerprint density at radius 1 is 0.938 bits per heavy atom. The van der Waals surface area contributed by atoms with Crippen LogP contribution in [0, 0.1) is 0 Å². The number of alkyl halides is 3. The van der Waals surface area contributed by atoms with E-state index in [2.05, 4.69) is 10.1 Å². The molecule has 0 radical (unpaired) electrons. The average Bonchev–Trinajstić information content (AvgIpc) is 2.74. The topological polar surface area (TPSA) is 75.7 Å². The number of halogens is 4. The summed E-state index contributed by atoms with van der Waals surface area (Å²) in [5.41, 5.74) is 0.808. The highest BCUT2D eigenvalue weighted by molar-refractivity contribution is 7.92. The molecule has 0 bridgehead atoms. The number of ether oxygens (including phenoxy) is 1. The molecule has 3 rings (SSSR count). The molecule has 0 atom stereocenters. The minimum Gasteiger partial charge on any atom is -0.406 e. The zero-order chi connectivity index (χ0) is 23.5. The number of anilines is 2. The van der Waals surface area contributed by atoms with Gasteiger partial charge < -0.3 is 10.1 Å². The number of hydrogen-bond acceptors (Lipinski definition) is 4. The molecule has 6 nitrogen and oxygen atoms in total. The number of carbonyl (C=O) groups excluding carboxylic acids is 1. The molecule has 1 amide bonds. The Morgan fingerprint density at radius 3 is 2.03 bits per heavy atom. The summed E-state index contributed by atoms with van der Waals surface area (Å²) in [7, 11) is -2.45. The van der Waals surface area contributed by atoms with E-state index in [0.717, 1.165) is 16.4 Å². The number of hydrogen-bond donors (Lipinski definition) is 1. The van der Waals surface area contributed by atoms with Crippen molar-refractivity contribution < 1.29 is 31.1 Å². The van der Waals surface area contributed by atoms with Crippen molar-refractivity contribution in [3.05, 3.63) is 83.4 Å². The standard InChI is InChI=1S/C21H16ClF3N2O4S/c1-27(32(29,30)19-12-4-15(22)5-13-19)17-8-2-14(3-9-17)20(28)26-16-6-10-18(11-7-16)31-21(23,24)25/h2-13H,1H3,(H,26,28). The summed E-state index contributed by atoms with van der Waals surface area (Å²) in [4.78, 5) is 12.5. The quantitative estimate of drug-likeness (QED) is 0.514. The fourth-order valence-corrected chi connectivity index (χ4v) is 3.99. The van der Waals surface area contributed by atoms with E-state index in [-0.39, 0.29) is 16.1 Å². The first kappa shape index (κ1) is 23.4. The molecular weight excluding hydrogens is 469 g/mol. The van der Waals surface area contributed by atoms with Gasteiger partial charge in [0.2, 0.25) is 0 Å². The molecule has 1 N–H and O–H groups in total. The number of amides is 1. The van der Waals surface area contributed by atoms with E-state index < -0.39 is 28.0 Å². The molecule has 3 aromatic rings. The maximum absolute atomic E-state index is 12.7. The molecular formula is C21H16ClF3N2O4S. The van der Waals surface area contributed by atoms with Crippen LogP contribution in [0.4, 0.5) is 24.5 Å². The molecule has 0 saturated carbocycles. The van der Waals surface area contributed by atoms with Gasteiger partial charge in [-0.1, -0.05) is 11.6 Å². The zero-order valence-corrected chi connectivity index (χ0v) is 18.0. The Balaban J connectivity index is 1.69. The maximum atomic E-state index is 12.7. The minimum atomic E-state index is -4.80. The molecule has 3 aromatic carbocycles. The molecule has 168 valence electrons. The number of nitrogens with one attached hydrogen (secondary N) is 1. The molecule has 0 aliphatic rings. The molecule has 0 heterocycles. The summed E-state index contributed by atoms with van der Waals surface area (Å²) in [6, 6.07) is 16.2. The molecule has 0 aliphatic heterocycles. The van der Waals surface area contributed by atoms with Crippen molar-refractivity contribution in [2.24, 2.45) is 0 Å². The van der Waals surface area contributed by atoms with Gasteiger partial charge in [-0.15, -0.1) is 13.2 Å². The van der Waals surface area contributed by atoms with E-state index in [4.69, 9.17) is 11.6 Å². The maximum Gasteiger partial charge on any atom is 0.573 e.